The molecule has 0 amide bonds. The minimum atomic E-state index is -0.236. The summed E-state index contributed by atoms with van der Waals surface area (Å²) in [5, 5.41) is 9.81. The maximum Gasteiger partial charge on any atom is 0.192 e. The molecule has 1 atom stereocenters. The van der Waals surface area contributed by atoms with Crippen LogP contribution in [0.25, 0.3) is 5.69 Å². The molecule has 1 aliphatic carbocycles. The van der Waals surface area contributed by atoms with Crippen LogP contribution in [0.15, 0.2) is 35.5 Å². The number of benzene rings is 1. The van der Waals surface area contributed by atoms with Crippen LogP contribution < -0.4 is 0 Å². The van der Waals surface area contributed by atoms with Crippen LogP contribution in [0.5, 0.6) is 0 Å². The third-order valence-corrected chi connectivity index (χ3v) is 6.49. The standard InChI is InChI=1S/C21H23ClN4OS/c1-12-11-19(13(2)25(12)17-7-5-16(22)6-8-17)20(27)14(3)28-21-24-23-15(4)26(21)18-9-10-18/h5-8,11,14,18H,9-10H2,1-4H3/t14-/m1/s1. The Kier molecular flexibility index (Phi) is 5.10. The summed E-state index contributed by atoms with van der Waals surface area (Å²) in [7, 11) is 0. The molecule has 0 spiro atoms. The summed E-state index contributed by atoms with van der Waals surface area (Å²) in [6.07, 6.45) is 2.33. The van der Waals surface area contributed by atoms with Crippen molar-refractivity contribution in [1.82, 2.24) is 19.3 Å². The van der Waals surface area contributed by atoms with Crippen molar-refractivity contribution in [2.75, 3.05) is 0 Å². The molecule has 1 fully saturated rings. The van der Waals surface area contributed by atoms with Crippen molar-refractivity contribution in [2.45, 2.75) is 57.0 Å². The van der Waals surface area contributed by atoms with Crippen molar-refractivity contribution < 1.29 is 4.79 Å². The highest BCUT2D eigenvalue weighted by molar-refractivity contribution is 8.00. The topological polar surface area (TPSA) is 52.7 Å². The zero-order valence-electron chi connectivity index (χ0n) is 16.4. The number of ketones is 1. The van der Waals surface area contributed by atoms with Gasteiger partial charge in [-0.1, -0.05) is 23.4 Å². The van der Waals surface area contributed by atoms with Crippen LogP contribution in [0.3, 0.4) is 0 Å². The predicted molar refractivity (Wildman–Crippen MR) is 113 cm³/mol. The number of Topliss-reactive ketones (excluding diaryl/α,β-unsaturated/α-hetero) is 1. The second kappa shape index (κ2) is 7.41. The first-order valence-corrected chi connectivity index (χ1v) is 10.7. The number of aromatic nitrogens is 4. The first-order chi connectivity index (χ1) is 13.4. The molecule has 1 saturated carbocycles. The molecule has 5 nitrogen and oxygen atoms in total. The van der Waals surface area contributed by atoms with Crippen molar-refractivity contribution in [2.24, 2.45) is 0 Å². The summed E-state index contributed by atoms with van der Waals surface area (Å²) >= 11 is 7.51. The van der Waals surface area contributed by atoms with Crippen LogP contribution in [-0.2, 0) is 0 Å². The number of aryl methyl sites for hydroxylation is 2. The fourth-order valence-electron chi connectivity index (χ4n) is 3.61. The first-order valence-electron chi connectivity index (χ1n) is 9.44. The Balaban J connectivity index is 1.60. The lowest BCUT2D eigenvalue weighted by Gasteiger charge is -2.13. The van der Waals surface area contributed by atoms with E-state index in [1.807, 2.05) is 58.0 Å². The van der Waals surface area contributed by atoms with E-state index in [0.29, 0.717) is 11.1 Å². The van der Waals surface area contributed by atoms with Gasteiger partial charge >= 0.3 is 0 Å². The smallest absolute Gasteiger partial charge is 0.192 e. The molecule has 0 bridgehead atoms. The molecule has 2 aromatic heterocycles. The van der Waals surface area contributed by atoms with Crippen LogP contribution in [0.2, 0.25) is 5.02 Å². The second-order valence-electron chi connectivity index (χ2n) is 7.35. The van der Waals surface area contributed by atoms with Gasteiger partial charge in [-0.2, -0.15) is 0 Å². The van der Waals surface area contributed by atoms with Crippen LogP contribution in [0.4, 0.5) is 0 Å². The number of rotatable bonds is 6. The molecule has 1 aromatic carbocycles. The van der Waals surface area contributed by atoms with E-state index in [-0.39, 0.29) is 11.0 Å². The van der Waals surface area contributed by atoms with Gasteiger partial charge < -0.3 is 9.13 Å². The minimum absolute atomic E-state index is 0.112. The summed E-state index contributed by atoms with van der Waals surface area (Å²) in [4.78, 5) is 13.2. The molecular formula is C21H23ClN4OS. The number of thioether (sulfide) groups is 1. The number of carbonyl (C=O) groups is 1. The number of halogens is 1. The number of nitrogens with zero attached hydrogens (tertiary/aromatic N) is 4. The Bertz CT molecular complexity index is 1030. The SMILES string of the molecule is Cc1cc(C(=O)[C@@H](C)Sc2nnc(C)n2C2CC2)c(C)n1-c1ccc(Cl)cc1. The maximum absolute atomic E-state index is 13.2. The number of hydrogen-bond acceptors (Lipinski definition) is 4. The van der Waals surface area contributed by atoms with E-state index in [1.165, 1.54) is 11.8 Å². The fourth-order valence-corrected chi connectivity index (χ4v) is 4.77. The van der Waals surface area contributed by atoms with Gasteiger partial charge in [-0.3, -0.25) is 4.79 Å². The molecular weight excluding hydrogens is 392 g/mol. The van der Waals surface area contributed by atoms with Gasteiger partial charge in [0.05, 0.1) is 5.25 Å². The molecule has 146 valence electrons. The molecule has 3 aromatic rings. The van der Waals surface area contributed by atoms with E-state index in [2.05, 4.69) is 19.3 Å². The lowest BCUT2D eigenvalue weighted by Crippen LogP contribution is -2.15. The van der Waals surface area contributed by atoms with E-state index in [4.69, 9.17) is 11.6 Å². The average molecular weight is 415 g/mol. The molecule has 0 aliphatic heterocycles. The van der Waals surface area contributed by atoms with E-state index in [9.17, 15) is 4.79 Å². The molecule has 4 rings (SSSR count). The molecule has 2 heterocycles. The predicted octanol–water partition coefficient (Wildman–Crippen LogP) is 5.35. The van der Waals surface area contributed by atoms with Gasteiger partial charge in [-0.15, -0.1) is 10.2 Å². The Morgan fingerprint density at radius 2 is 1.86 bits per heavy atom. The van der Waals surface area contributed by atoms with Gasteiger partial charge in [0.15, 0.2) is 10.9 Å². The second-order valence-corrected chi connectivity index (χ2v) is 9.10. The summed E-state index contributed by atoms with van der Waals surface area (Å²) in [6, 6.07) is 10.1. The molecule has 0 saturated heterocycles. The Morgan fingerprint density at radius 3 is 2.50 bits per heavy atom. The lowest BCUT2D eigenvalue weighted by atomic mass is 10.1. The van der Waals surface area contributed by atoms with Crippen LogP contribution in [-0.4, -0.2) is 30.4 Å². The highest BCUT2D eigenvalue weighted by Gasteiger charge is 2.30. The third-order valence-electron chi connectivity index (χ3n) is 5.18. The number of carbonyl (C=O) groups excluding carboxylic acids is 1. The molecule has 0 unspecified atom stereocenters. The van der Waals surface area contributed by atoms with Gasteiger partial charge in [-0.25, -0.2) is 0 Å². The lowest BCUT2D eigenvalue weighted by molar-refractivity contribution is 0.0993. The van der Waals surface area contributed by atoms with Gasteiger partial charge in [0, 0.05) is 33.7 Å². The normalized spacial score (nSPS) is 15.0. The van der Waals surface area contributed by atoms with Crippen molar-refractivity contribution in [1.29, 1.82) is 0 Å². The van der Waals surface area contributed by atoms with E-state index in [1.54, 1.807) is 0 Å². The molecule has 1 aliphatic rings. The quantitative estimate of drug-likeness (QED) is 0.403. The Morgan fingerprint density at radius 1 is 1.18 bits per heavy atom. The Hall–Kier alpha value is -2.05. The minimum Gasteiger partial charge on any atom is -0.318 e. The van der Waals surface area contributed by atoms with E-state index >= 15 is 0 Å². The largest absolute Gasteiger partial charge is 0.318 e. The maximum atomic E-state index is 13.2. The van der Waals surface area contributed by atoms with Gasteiger partial charge in [0.25, 0.3) is 0 Å². The van der Waals surface area contributed by atoms with Crippen molar-refractivity contribution in [3.8, 4) is 5.69 Å². The summed E-state index contributed by atoms with van der Waals surface area (Å²) in [5.41, 5.74) is 3.72. The Labute approximate surface area is 174 Å². The third kappa shape index (κ3) is 3.51. The van der Waals surface area contributed by atoms with Crippen LogP contribution in [0.1, 0.15) is 53.4 Å². The molecule has 7 heteroatoms. The number of hydrogen-bond donors (Lipinski definition) is 0. The fraction of sp³-hybridized carbons (Fsp3) is 0.381. The van der Waals surface area contributed by atoms with Crippen LogP contribution >= 0.6 is 23.4 Å². The summed E-state index contributed by atoms with van der Waals surface area (Å²) in [6.45, 7) is 7.93. The van der Waals surface area contributed by atoms with E-state index in [0.717, 1.165) is 46.5 Å². The van der Waals surface area contributed by atoms with E-state index < -0.39 is 0 Å². The zero-order chi connectivity index (χ0) is 20.0. The summed E-state index contributed by atoms with van der Waals surface area (Å²) < 4.78 is 4.27. The summed E-state index contributed by atoms with van der Waals surface area (Å²) in [5.74, 6) is 1.03. The zero-order valence-corrected chi connectivity index (χ0v) is 18.0. The monoisotopic (exact) mass is 414 g/mol. The van der Waals surface area contributed by atoms with Gasteiger partial charge in [0.1, 0.15) is 5.82 Å². The van der Waals surface area contributed by atoms with Crippen molar-refractivity contribution in [3.63, 3.8) is 0 Å². The first kappa shape index (κ1) is 19.3. The molecule has 0 radical (unpaired) electrons. The van der Waals surface area contributed by atoms with Crippen molar-refractivity contribution >= 4 is 29.1 Å². The van der Waals surface area contributed by atoms with Gasteiger partial charge in [-0.05, 0) is 70.9 Å². The highest BCUT2D eigenvalue weighted by atomic mass is 35.5. The van der Waals surface area contributed by atoms with Crippen molar-refractivity contribution in [3.05, 3.63) is 58.1 Å². The average Bonchev–Trinajstić information content (AvgIpc) is 3.37. The van der Waals surface area contributed by atoms with Gasteiger partial charge in [0.2, 0.25) is 0 Å². The van der Waals surface area contributed by atoms with Crippen LogP contribution in [0, 0.1) is 20.8 Å². The molecule has 28 heavy (non-hydrogen) atoms. The molecule has 0 N–H and O–H groups in total. The highest BCUT2D eigenvalue weighted by Crippen LogP contribution is 2.39.